The summed E-state index contributed by atoms with van der Waals surface area (Å²) in [4.78, 5) is 0.131. The maximum Gasteiger partial charge on any atom is 0.297 e. The van der Waals surface area contributed by atoms with E-state index in [1.54, 1.807) is 12.1 Å². The molecule has 45 heavy (non-hydrogen) atoms. The van der Waals surface area contributed by atoms with E-state index in [1.807, 2.05) is 6.92 Å². The molecule has 0 radical (unpaired) electrons. The summed E-state index contributed by atoms with van der Waals surface area (Å²) in [6.45, 7) is 10.7. The van der Waals surface area contributed by atoms with Gasteiger partial charge in [-0.25, -0.2) is 0 Å². The fourth-order valence-electron chi connectivity index (χ4n) is 3.49. The Bertz CT molecular complexity index is 861. The highest BCUT2D eigenvalue weighted by molar-refractivity contribution is 14.1. The molecule has 14 heteroatoms. The largest absolute Gasteiger partial charge is 0.379 e. The Morgan fingerprint density at radius 1 is 0.444 bits per heavy atom. The molecule has 0 spiro atoms. The molecule has 0 bridgehead atoms. The Labute approximate surface area is 284 Å². The Balaban J connectivity index is 1.68. The zero-order valence-electron chi connectivity index (χ0n) is 27.0. The molecular weight excluding hydrogens is 723 g/mol. The molecule has 264 valence electrons. The van der Waals surface area contributed by atoms with Gasteiger partial charge in [0.1, 0.15) is 0 Å². The minimum absolute atomic E-state index is 0.0548. The number of aryl methyl sites for hydroxylation is 1. The van der Waals surface area contributed by atoms with Gasteiger partial charge < -0.3 is 42.6 Å². The third kappa shape index (κ3) is 28.2. The third-order valence-corrected chi connectivity index (χ3v) is 8.01. The number of alkyl halides is 1. The maximum absolute atomic E-state index is 12.1. The molecule has 0 aliphatic rings. The van der Waals surface area contributed by atoms with Crippen molar-refractivity contribution in [3.63, 3.8) is 0 Å². The standard InChI is InChI=1S/C31H55IO12S/c1-30-6-8-31(9-7-30)45(33,34)44-29-28-43-27-26-42-25-24-41-23-22-40-21-20-39-19-18-38-17-16-37-15-14-36-13-12-35-11-5-3-2-4-10-32/h6-9H,2-5,10-29H2,1H3. The number of hydrogen-bond acceptors (Lipinski definition) is 12. The van der Waals surface area contributed by atoms with Gasteiger partial charge in [0.2, 0.25) is 0 Å². The summed E-state index contributed by atoms with van der Waals surface area (Å²) in [5, 5.41) is 0. The molecule has 0 heterocycles. The maximum atomic E-state index is 12.1. The average molecular weight is 779 g/mol. The van der Waals surface area contributed by atoms with E-state index in [0.29, 0.717) is 106 Å². The van der Waals surface area contributed by atoms with Crippen molar-refractivity contribution in [2.45, 2.75) is 37.5 Å². The Kier molecular flexibility index (Phi) is 30.3. The molecule has 0 N–H and O–H groups in total. The van der Waals surface area contributed by atoms with Gasteiger partial charge >= 0.3 is 0 Å². The van der Waals surface area contributed by atoms with Crippen LogP contribution in [0.1, 0.15) is 31.2 Å². The van der Waals surface area contributed by atoms with Gasteiger partial charge in [-0.3, -0.25) is 4.18 Å². The van der Waals surface area contributed by atoms with E-state index in [0.717, 1.165) is 18.6 Å². The molecule has 0 aliphatic heterocycles. The van der Waals surface area contributed by atoms with Crippen LogP contribution in [0.4, 0.5) is 0 Å². The Hall–Kier alpha value is -0.500. The van der Waals surface area contributed by atoms with Crippen LogP contribution in [0.3, 0.4) is 0 Å². The van der Waals surface area contributed by atoms with Crippen LogP contribution in [0, 0.1) is 6.92 Å². The van der Waals surface area contributed by atoms with Gasteiger partial charge in [-0.1, -0.05) is 53.1 Å². The van der Waals surface area contributed by atoms with Crippen molar-refractivity contribution in [1.29, 1.82) is 0 Å². The zero-order valence-corrected chi connectivity index (χ0v) is 29.9. The van der Waals surface area contributed by atoms with Crippen molar-refractivity contribution in [3.8, 4) is 0 Å². The van der Waals surface area contributed by atoms with Crippen molar-refractivity contribution < 1.29 is 55.2 Å². The number of ether oxygens (including phenoxy) is 9. The molecule has 0 aliphatic carbocycles. The first-order valence-corrected chi connectivity index (χ1v) is 18.7. The topological polar surface area (TPSA) is 126 Å². The molecule has 1 rings (SSSR count). The van der Waals surface area contributed by atoms with E-state index in [-0.39, 0.29) is 18.1 Å². The summed E-state index contributed by atoms with van der Waals surface area (Å²) in [5.74, 6) is 0. The van der Waals surface area contributed by atoms with E-state index in [1.165, 1.54) is 35.8 Å². The van der Waals surface area contributed by atoms with E-state index < -0.39 is 10.1 Å². The van der Waals surface area contributed by atoms with E-state index >= 15 is 0 Å². The predicted octanol–water partition coefficient (Wildman–Crippen LogP) is 3.85. The van der Waals surface area contributed by atoms with E-state index in [9.17, 15) is 8.42 Å². The van der Waals surface area contributed by atoms with Crippen LogP contribution in [0.5, 0.6) is 0 Å². The van der Waals surface area contributed by atoms with Crippen LogP contribution >= 0.6 is 22.6 Å². The summed E-state index contributed by atoms with van der Waals surface area (Å²) in [6, 6.07) is 6.49. The molecule has 0 amide bonds. The second-order valence-electron chi connectivity index (χ2n) is 9.70. The van der Waals surface area contributed by atoms with Crippen LogP contribution in [-0.4, -0.2) is 138 Å². The Morgan fingerprint density at radius 2 is 0.756 bits per heavy atom. The molecule has 12 nitrogen and oxygen atoms in total. The van der Waals surface area contributed by atoms with Crippen molar-refractivity contribution >= 4 is 32.7 Å². The number of benzene rings is 1. The third-order valence-electron chi connectivity index (χ3n) is 5.92. The lowest BCUT2D eigenvalue weighted by atomic mass is 10.2. The SMILES string of the molecule is Cc1ccc(S(=O)(=O)OCCOCCOCCOCCOCCOCCOCCOCCOCCOCCCCCCI)cc1. The second kappa shape index (κ2) is 32.1. The molecule has 0 aromatic heterocycles. The predicted molar refractivity (Wildman–Crippen MR) is 179 cm³/mol. The van der Waals surface area contributed by atoms with Crippen LogP contribution in [0.25, 0.3) is 0 Å². The molecule has 1 aromatic carbocycles. The minimum atomic E-state index is -3.77. The summed E-state index contributed by atoms with van der Waals surface area (Å²) in [6.07, 6.45) is 4.95. The summed E-state index contributed by atoms with van der Waals surface area (Å²) in [5.41, 5.74) is 0.978. The zero-order chi connectivity index (χ0) is 32.5. The first-order valence-electron chi connectivity index (χ1n) is 15.8. The number of rotatable bonds is 35. The van der Waals surface area contributed by atoms with Gasteiger partial charge in [0.05, 0.1) is 124 Å². The second-order valence-corrected chi connectivity index (χ2v) is 12.4. The van der Waals surface area contributed by atoms with Crippen molar-refractivity contribution in [1.82, 2.24) is 0 Å². The van der Waals surface area contributed by atoms with Crippen LogP contribution < -0.4 is 0 Å². The average Bonchev–Trinajstić information content (AvgIpc) is 3.03. The normalized spacial score (nSPS) is 11.9. The van der Waals surface area contributed by atoms with Crippen LogP contribution in [0.2, 0.25) is 0 Å². The van der Waals surface area contributed by atoms with Crippen molar-refractivity contribution in [2.75, 3.05) is 130 Å². The van der Waals surface area contributed by atoms with Gasteiger partial charge in [0.25, 0.3) is 10.1 Å². The molecule has 0 saturated heterocycles. The van der Waals surface area contributed by atoms with Crippen LogP contribution in [0.15, 0.2) is 29.2 Å². The molecule has 0 unspecified atom stereocenters. The monoisotopic (exact) mass is 778 g/mol. The fraction of sp³-hybridized carbons (Fsp3) is 0.806. The first kappa shape index (κ1) is 42.5. The fourth-order valence-corrected chi connectivity index (χ4v) is 4.92. The lowest BCUT2D eigenvalue weighted by molar-refractivity contribution is -0.0254. The summed E-state index contributed by atoms with van der Waals surface area (Å²) in [7, 11) is -3.77. The molecule has 0 fully saturated rings. The van der Waals surface area contributed by atoms with E-state index in [2.05, 4.69) is 22.6 Å². The highest BCUT2D eigenvalue weighted by Crippen LogP contribution is 2.13. The van der Waals surface area contributed by atoms with Gasteiger partial charge in [0.15, 0.2) is 0 Å². The highest BCUT2D eigenvalue weighted by atomic mass is 127. The number of unbranched alkanes of at least 4 members (excludes halogenated alkanes) is 3. The lowest BCUT2D eigenvalue weighted by Gasteiger charge is -2.09. The van der Waals surface area contributed by atoms with Crippen molar-refractivity contribution in [2.24, 2.45) is 0 Å². The molecule has 0 saturated carbocycles. The molecule has 1 aromatic rings. The van der Waals surface area contributed by atoms with Crippen molar-refractivity contribution in [3.05, 3.63) is 29.8 Å². The van der Waals surface area contributed by atoms with Gasteiger partial charge in [-0.05, 0) is 36.3 Å². The van der Waals surface area contributed by atoms with Gasteiger partial charge in [-0.2, -0.15) is 8.42 Å². The molecular formula is C31H55IO12S. The van der Waals surface area contributed by atoms with E-state index in [4.69, 9.17) is 46.8 Å². The number of halogens is 1. The van der Waals surface area contributed by atoms with Gasteiger partial charge in [0, 0.05) is 6.61 Å². The number of hydrogen-bond donors (Lipinski definition) is 0. The Morgan fingerprint density at radius 3 is 1.11 bits per heavy atom. The quantitative estimate of drug-likeness (QED) is 0.0431. The first-order chi connectivity index (χ1) is 22.1. The smallest absolute Gasteiger partial charge is 0.297 e. The highest BCUT2D eigenvalue weighted by Gasteiger charge is 2.14. The summed E-state index contributed by atoms with van der Waals surface area (Å²) < 4.78 is 79.5. The lowest BCUT2D eigenvalue weighted by Crippen LogP contribution is -2.15. The van der Waals surface area contributed by atoms with Gasteiger partial charge in [-0.15, -0.1) is 0 Å². The van der Waals surface area contributed by atoms with Crippen LogP contribution in [-0.2, 0) is 56.9 Å². The summed E-state index contributed by atoms with van der Waals surface area (Å²) >= 11 is 2.41. The minimum Gasteiger partial charge on any atom is -0.379 e. The molecule has 0 atom stereocenters.